The van der Waals surface area contributed by atoms with Gasteiger partial charge in [0.15, 0.2) is 0 Å². The van der Waals surface area contributed by atoms with E-state index in [2.05, 4.69) is 157 Å². The van der Waals surface area contributed by atoms with Crippen molar-refractivity contribution in [1.29, 1.82) is 0 Å². The maximum absolute atomic E-state index is 6.26. The first kappa shape index (κ1) is 38.7. The van der Waals surface area contributed by atoms with Gasteiger partial charge in [0.2, 0.25) is 0 Å². The predicted octanol–water partition coefficient (Wildman–Crippen LogP) is 12.7. The van der Waals surface area contributed by atoms with Crippen LogP contribution in [-0.4, -0.2) is 60.3 Å². The molecule has 4 aliphatic rings. The number of rotatable bonds is 0. The monoisotopic (exact) mass is 880 g/mol. The van der Waals surface area contributed by atoms with E-state index in [9.17, 15) is 0 Å². The molecule has 2 saturated heterocycles. The van der Waals surface area contributed by atoms with Gasteiger partial charge in [0.1, 0.15) is 0 Å². The molecule has 8 heteroatoms. The molecule has 8 aromatic rings. The van der Waals surface area contributed by atoms with Gasteiger partial charge in [-0.15, -0.1) is 0 Å². The van der Waals surface area contributed by atoms with Crippen molar-refractivity contribution in [1.82, 2.24) is 0 Å². The molecule has 0 aliphatic carbocycles. The molecule has 6 nitrogen and oxygen atoms in total. The van der Waals surface area contributed by atoms with Crippen molar-refractivity contribution in [3.05, 3.63) is 146 Å². The Morgan fingerprint density at radius 3 is 0.776 bits per heavy atom. The molecule has 8 aromatic carbocycles. The van der Waals surface area contributed by atoms with E-state index < -0.39 is 33.9 Å². The quantitative estimate of drug-likeness (QED) is 0.141. The van der Waals surface area contributed by atoms with Crippen LogP contribution < -0.4 is 14.1 Å². The zero-order valence-electron chi connectivity index (χ0n) is 33.1. The van der Waals surface area contributed by atoms with E-state index in [0.717, 1.165) is 71.7 Å². The molecule has 4 heterocycles. The summed E-state index contributed by atoms with van der Waals surface area (Å²) in [5.74, 6) is 3.82. The molecule has 4 aliphatic heterocycles. The summed E-state index contributed by atoms with van der Waals surface area (Å²) in [4.78, 5) is 0. The summed E-state index contributed by atoms with van der Waals surface area (Å²) in [5.41, 5.74) is 8.89. The zero-order chi connectivity index (χ0) is 39.3. The van der Waals surface area contributed by atoms with Crippen molar-refractivity contribution < 1.29 is 23.6 Å². The van der Waals surface area contributed by atoms with E-state index in [1.807, 2.05) is 0 Å². The number of hydrogen-bond donors (Lipinski definition) is 0. The maximum atomic E-state index is 6.26. The van der Waals surface area contributed by atoms with Crippen LogP contribution in [-0.2, 0) is 9.47 Å². The summed E-state index contributed by atoms with van der Waals surface area (Å²) in [7, 11) is 0. The second kappa shape index (κ2) is 18.0. The van der Waals surface area contributed by atoms with Crippen molar-refractivity contribution in [2.24, 2.45) is 0 Å². The molecule has 0 radical (unpaired) electrons. The third kappa shape index (κ3) is 8.23. The Morgan fingerprint density at radius 2 is 0.552 bits per heavy atom. The molecule has 0 unspecified atom stereocenters. The summed E-state index contributed by atoms with van der Waals surface area (Å²) < 4.78 is 34.9. The van der Waals surface area contributed by atoms with Gasteiger partial charge in [0.05, 0.1) is 0 Å². The molecular formula is C50H46Ga2O6. The van der Waals surface area contributed by atoms with Gasteiger partial charge in [0.25, 0.3) is 0 Å². The summed E-state index contributed by atoms with van der Waals surface area (Å²) in [6.07, 6.45) is 5.11. The number of hydrogen-bond acceptors (Lipinski definition) is 6. The third-order valence-electron chi connectivity index (χ3n) is 10.9. The molecular weight excluding hydrogens is 836 g/mol. The first-order valence-electron chi connectivity index (χ1n) is 20.5. The second-order valence-electron chi connectivity index (χ2n) is 14.9. The SMILES string of the molecule is C1CCOC1.C1CCOC1.[CH3][Ga]1[O]c2ccc3ccccc3c2-c2c(ccc3ccccc23)[O]1.[CH3][Ga]1[O]c2ccc3ccccc3c2-c2c(ccc3ccccc23)[O]1. The fourth-order valence-electron chi connectivity index (χ4n) is 8.21. The number of benzene rings is 8. The molecule has 0 amide bonds. The summed E-state index contributed by atoms with van der Waals surface area (Å²) in [6.45, 7) is 4.00. The second-order valence-corrected chi connectivity index (χ2v) is 21.6. The van der Waals surface area contributed by atoms with E-state index >= 15 is 0 Å². The standard InChI is InChI=1S/2C20H14O2.2C4H8O.2CH3.2Ga/c2*21-17-11-9-13-5-1-3-7-15(13)19(17)20-16-8-4-2-6-14(16)10-12-18(20)22;2*1-2-4-5-3-1;;;;/h2*1-12,21-22H;2*1-4H2;2*1H3;;/q;;;;;;2*+2/p-4. The molecule has 0 aromatic heterocycles. The van der Waals surface area contributed by atoms with E-state index in [1.165, 1.54) is 68.8 Å². The van der Waals surface area contributed by atoms with E-state index in [4.69, 9.17) is 23.6 Å². The van der Waals surface area contributed by atoms with Gasteiger partial charge in [0, 0.05) is 26.4 Å². The average molecular weight is 882 g/mol. The van der Waals surface area contributed by atoms with Crippen molar-refractivity contribution in [2.45, 2.75) is 36.6 Å². The van der Waals surface area contributed by atoms with Crippen LogP contribution in [0.15, 0.2) is 146 Å². The van der Waals surface area contributed by atoms with E-state index in [0.29, 0.717) is 0 Å². The molecule has 288 valence electrons. The molecule has 0 atom stereocenters. The van der Waals surface area contributed by atoms with Gasteiger partial charge in [-0.25, -0.2) is 0 Å². The van der Waals surface area contributed by atoms with Crippen LogP contribution in [0.4, 0.5) is 0 Å². The Morgan fingerprint density at radius 1 is 0.310 bits per heavy atom. The molecule has 0 saturated carbocycles. The molecule has 2 fully saturated rings. The minimum atomic E-state index is -2.28. The van der Waals surface area contributed by atoms with Gasteiger partial charge in [-0.05, 0) is 25.7 Å². The van der Waals surface area contributed by atoms with Gasteiger partial charge in [-0.2, -0.15) is 0 Å². The Kier molecular flexibility index (Phi) is 12.0. The van der Waals surface area contributed by atoms with Crippen molar-refractivity contribution in [3.63, 3.8) is 0 Å². The Hall–Kier alpha value is -4.81. The van der Waals surface area contributed by atoms with Crippen LogP contribution in [0.25, 0.3) is 65.3 Å². The molecule has 0 bridgehead atoms. The molecule has 0 spiro atoms. The molecule has 0 N–H and O–H groups in total. The predicted molar refractivity (Wildman–Crippen MR) is 240 cm³/mol. The van der Waals surface area contributed by atoms with Crippen LogP contribution >= 0.6 is 0 Å². The molecule has 12 rings (SSSR count). The van der Waals surface area contributed by atoms with Crippen LogP contribution in [0.5, 0.6) is 23.0 Å². The normalized spacial score (nSPS) is 14.9. The average Bonchev–Trinajstić information content (AvgIpc) is 4.02. The van der Waals surface area contributed by atoms with Crippen LogP contribution in [0.3, 0.4) is 0 Å². The first-order chi connectivity index (χ1) is 28.6. The fourth-order valence-corrected chi connectivity index (χ4v) is 13.1. The van der Waals surface area contributed by atoms with Gasteiger partial charge in [-0.1, -0.05) is 0 Å². The number of ether oxygens (including phenoxy) is 2. The third-order valence-corrected chi connectivity index (χ3v) is 15.8. The topological polar surface area (TPSA) is 55.4 Å². The van der Waals surface area contributed by atoms with Crippen molar-refractivity contribution in [3.8, 4) is 45.3 Å². The minimum absolute atomic E-state index is 0.955. The van der Waals surface area contributed by atoms with Crippen LogP contribution in [0, 0.1) is 0 Å². The Bertz CT molecular complexity index is 2330. The van der Waals surface area contributed by atoms with Gasteiger partial charge in [-0.3, -0.25) is 0 Å². The van der Waals surface area contributed by atoms with E-state index in [1.54, 1.807) is 0 Å². The van der Waals surface area contributed by atoms with Crippen LogP contribution in [0.1, 0.15) is 25.7 Å². The Balaban J connectivity index is 0.000000121. The van der Waals surface area contributed by atoms with E-state index in [-0.39, 0.29) is 0 Å². The summed E-state index contributed by atoms with van der Waals surface area (Å²) >= 11 is -4.56. The summed E-state index contributed by atoms with van der Waals surface area (Å²) in [6, 6.07) is 50.9. The first-order valence-corrected chi connectivity index (χ1v) is 29.3. The van der Waals surface area contributed by atoms with Crippen molar-refractivity contribution >= 4 is 77.0 Å². The van der Waals surface area contributed by atoms with Gasteiger partial charge < -0.3 is 9.47 Å². The Labute approximate surface area is 352 Å². The fraction of sp³-hybridized carbons (Fsp3) is 0.200. The molecule has 58 heavy (non-hydrogen) atoms. The van der Waals surface area contributed by atoms with Gasteiger partial charge >= 0.3 is 293 Å². The van der Waals surface area contributed by atoms with Crippen molar-refractivity contribution in [2.75, 3.05) is 26.4 Å². The zero-order valence-corrected chi connectivity index (χ0v) is 38.0. The summed E-state index contributed by atoms with van der Waals surface area (Å²) in [5, 5.41) is 9.75. The number of fused-ring (bicyclic) bond motifs is 14. The van der Waals surface area contributed by atoms with Crippen LogP contribution in [0.2, 0.25) is 11.0 Å².